The second kappa shape index (κ2) is 8.82. The summed E-state index contributed by atoms with van der Waals surface area (Å²) in [5.74, 6) is 1.49. The molecule has 0 aliphatic carbocycles. The number of anilines is 1. The van der Waals surface area contributed by atoms with Crippen LogP contribution in [0, 0.1) is 0 Å². The maximum atomic E-state index is 13.6. The quantitative estimate of drug-likeness (QED) is 0.539. The molecule has 0 saturated heterocycles. The van der Waals surface area contributed by atoms with Gasteiger partial charge in [0.15, 0.2) is 11.5 Å². The lowest BCUT2D eigenvalue weighted by atomic mass is 10.0. The second-order valence-corrected chi connectivity index (χ2v) is 7.69. The molecule has 0 radical (unpaired) electrons. The molecule has 0 atom stereocenters. The number of ether oxygens (including phenoxy) is 4. The third-order valence-corrected chi connectivity index (χ3v) is 5.67. The van der Waals surface area contributed by atoms with E-state index in [9.17, 15) is 9.59 Å². The predicted molar refractivity (Wildman–Crippen MR) is 125 cm³/mol. The fraction of sp³-hybridized carbons (Fsp3) is 0.154. The van der Waals surface area contributed by atoms with Gasteiger partial charge in [-0.25, -0.2) is 0 Å². The molecule has 0 aromatic heterocycles. The molecule has 2 aliphatic heterocycles. The van der Waals surface area contributed by atoms with Crippen LogP contribution in [0.5, 0.6) is 23.0 Å². The number of hydrogen-bond donors (Lipinski definition) is 1. The van der Waals surface area contributed by atoms with E-state index >= 15 is 0 Å². The van der Waals surface area contributed by atoms with Crippen LogP contribution in [0.4, 0.5) is 5.69 Å². The number of carbonyl (C=O) groups is 2. The molecule has 0 saturated carbocycles. The lowest BCUT2D eigenvalue weighted by molar-refractivity contribution is -0.137. The molecule has 0 fully saturated rings. The average molecular weight is 458 g/mol. The van der Waals surface area contributed by atoms with E-state index in [1.165, 1.54) is 12.0 Å². The zero-order valence-corrected chi connectivity index (χ0v) is 18.7. The predicted octanol–water partition coefficient (Wildman–Crippen LogP) is 3.82. The monoisotopic (exact) mass is 458 g/mol. The topological polar surface area (TPSA) is 86.3 Å². The zero-order chi connectivity index (χ0) is 23.7. The molecular weight excluding hydrogens is 436 g/mol. The lowest BCUT2D eigenvalue weighted by Crippen LogP contribution is -2.32. The normalized spacial score (nSPS) is 14.6. The third kappa shape index (κ3) is 3.79. The molecular formula is C26H22N2O6. The first-order valence-electron chi connectivity index (χ1n) is 10.6. The first-order valence-corrected chi connectivity index (χ1v) is 10.6. The fourth-order valence-corrected chi connectivity index (χ4v) is 3.98. The molecule has 5 rings (SSSR count). The summed E-state index contributed by atoms with van der Waals surface area (Å²) < 4.78 is 21.6. The van der Waals surface area contributed by atoms with Gasteiger partial charge in [-0.2, -0.15) is 0 Å². The van der Waals surface area contributed by atoms with Gasteiger partial charge in [0.25, 0.3) is 11.8 Å². The number of amides is 2. The average Bonchev–Trinajstić information content (AvgIpc) is 3.42. The van der Waals surface area contributed by atoms with Gasteiger partial charge in [0.2, 0.25) is 6.79 Å². The van der Waals surface area contributed by atoms with Crippen LogP contribution in [-0.2, 0) is 16.1 Å². The Labute approximate surface area is 196 Å². The Hall–Kier alpha value is -4.46. The first kappa shape index (κ1) is 21.4. The van der Waals surface area contributed by atoms with E-state index in [0.717, 1.165) is 5.56 Å². The van der Waals surface area contributed by atoms with Gasteiger partial charge >= 0.3 is 0 Å². The zero-order valence-electron chi connectivity index (χ0n) is 18.7. The van der Waals surface area contributed by atoms with Gasteiger partial charge in [0.1, 0.15) is 17.2 Å². The Morgan fingerprint density at radius 3 is 2.44 bits per heavy atom. The Bertz CT molecular complexity index is 1300. The van der Waals surface area contributed by atoms with Crippen molar-refractivity contribution in [2.75, 3.05) is 26.3 Å². The van der Waals surface area contributed by atoms with Gasteiger partial charge < -0.3 is 24.3 Å². The molecule has 8 nitrogen and oxygen atoms in total. The standard InChI is InChI=1S/C26H22N2O6/c1-31-18-9-11-20(32-2)19(13-18)27-24-23(17-6-4-3-5-7-17)25(29)28(26(24)30)14-16-8-10-21-22(12-16)34-15-33-21/h3-13,27H,14-15H2,1-2H3. The van der Waals surface area contributed by atoms with Crippen LogP contribution in [-0.4, -0.2) is 37.7 Å². The van der Waals surface area contributed by atoms with Crippen molar-refractivity contribution in [1.82, 2.24) is 4.90 Å². The summed E-state index contributed by atoms with van der Waals surface area (Å²) in [4.78, 5) is 28.3. The lowest BCUT2D eigenvalue weighted by Gasteiger charge is -2.16. The number of hydrogen-bond acceptors (Lipinski definition) is 7. The summed E-state index contributed by atoms with van der Waals surface area (Å²) in [6.07, 6.45) is 0. The Morgan fingerprint density at radius 1 is 0.882 bits per heavy atom. The molecule has 172 valence electrons. The van der Waals surface area contributed by atoms with Gasteiger partial charge in [-0.1, -0.05) is 36.4 Å². The van der Waals surface area contributed by atoms with Crippen LogP contribution < -0.4 is 24.3 Å². The molecule has 2 heterocycles. The fourth-order valence-electron chi connectivity index (χ4n) is 3.98. The summed E-state index contributed by atoms with van der Waals surface area (Å²) in [6, 6.07) is 19.7. The van der Waals surface area contributed by atoms with Crippen molar-refractivity contribution in [3.8, 4) is 23.0 Å². The minimum absolute atomic E-state index is 0.0884. The van der Waals surface area contributed by atoms with Crippen molar-refractivity contribution >= 4 is 23.1 Å². The first-order chi connectivity index (χ1) is 16.6. The van der Waals surface area contributed by atoms with Gasteiger partial charge in [0.05, 0.1) is 32.0 Å². The van der Waals surface area contributed by atoms with Crippen molar-refractivity contribution in [1.29, 1.82) is 0 Å². The van der Waals surface area contributed by atoms with E-state index in [0.29, 0.717) is 34.2 Å². The number of fused-ring (bicyclic) bond motifs is 1. The largest absolute Gasteiger partial charge is 0.497 e. The van der Waals surface area contributed by atoms with E-state index < -0.39 is 11.8 Å². The van der Waals surface area contributed by atoms with E-state index in [1.54, 1.807) is 49.6 Å². The minimum Gasteiger partial charge on any atom is -0.497 e. The summed E-state index contributed by atoms with van der Waals surface area (Å²) >= 11 is 0. The van der Waals surface area contributed by atoms with Gasteiger partial charge in [-0.15, -0.1) is 0 Å². The van der Waals surface area contributed by atoms with Crippen LogP contribution in [0.25, 0.3) is 5.57 Å². The highest BCUT2D eigenvalue weighted by Crippen LogP contribution is 2.37. The highest BCUT2D eigenvalue weighted by Gasteiger charge is 2.39. The number of carbonyl (C=O) groups excluding carboxylic acids is 2. The van der Waals surface area contributed by atoms with Crippen molar-refractivity contribution < 1.29 is 28.5 Å². The van der Waals surface area contributed by atoms with E-state index in [-0.39, 0.29) is 24.6 Å². The second-order valence-electron chi connectivity index (χ2n) is 7.69. The molecule has 2 aliphatic rings. The molecule has 0 spiro atoms. The number of imide groups is 1. The minimum atomic E-state index is -0.439. The molecule has 0 unspecified atom stereocenters. The molecule has 8 heteroatoms. The van der Waals surface area contributed by atoms with Crippen molar-refractivity contribution in [3.05, 3.63) is 83.6 Å². The Morgan fingerprint density at radius 2 is 1.68 bits per heavy atom. The third-order valence-electron chi connectivity index (χ3n) is 5.67. The molecule has 2 amide bonds. The molecule has 3 aromatic rings. The maximum Gasteiger partial charge on any atom is 0.278 e. The summed E-state index contributed by atoms with van der Waals surface area (Å²) in [5.41, 5.74) is 2.35. The van der Waals surface area contributed by atoms with Crippen molar-refractivity contribution in [2.45, 2.75) is 6.54 Å². The summed E-state index contributed by atoms with van der Waals surface area (Å²) in [6.45, 7) is 0.238. The van der Waals surface area contributed by atoms with Crippen molar-refractivity contribution in [3.63, 3.8) is 0 Å². The van der Waals surface area contributed by atoms with E-state index in [4.69, 9.17) is 18.9 Å². The van der Waals surface area contributed by atoms with E-state index in [1.807, 2.05) is 24.3 Å². The number of nitrogens with one attached hydrogen (secondary N) is 1. The SMILES string of the molecule is COc1ccc(OC)c(NC2=C(c3ccccc3)C(=O)N(Cc3ccc4c(c3)OCO4)C2=O)c1. The summed E-state index contributed by atoms with van der Waals surface area (Å²) in [5, 5.41) is 3.14. The van der Waals surface area contributed by atoms with E-state index in [2.05, 4.69) is 5.32 Å². The van der Waals surface area contributed by atoms with Gasteiger partial charge in [-0.05, 0) is 35.4 Å². The highest BCUT2D eigenvalue weighted by atomic mass is 16.7. The molecule has 34 heavy (non-hydrogen) atoms. The van der Waals surface area contributed by atoms with Crippen LogP contribution in [0.15, 0.2) is 72.4 Å². The van der Waals surface area contributed by atoms with Crippen LogP contribution in [0.3, 0.4) is 0 Å². The van der Waals surface area contributed by atoms with Crippen molar-refractivity contribution in [2.24, 2.45) is 0 Å². The van der Waals surface area contributed by atoms with Gasteiger partial charge in [-0.3, -0.25) is 14.5 Å². The Balaban J connectivity index is 1.53. The van der Waals surface area contributed by atoms with Crippen LogP contribution >= 0.6 is 0 Å². The van der Waals surface area contributed by atoms with Crippen LogP contribution in [0.2, 0.25) is 0 Å². The highest BCUT2D eigenvalue weighted by molar-refractivity contribution is 6.36. The number of benzene rings is 3. The maximum absolute atomic E-state index is 13.6. The summed E-state index contributed by atoms with van der Waals surface area (Å²) in [7, 11) is 3.09. The smallest absolute Gasteiger partial charge is 0.278 e. The number of methoxy groups -OCH3 is 2. The molecule has 0 bridgehead atoms. The number of nitrogens with zero attached hydrogens (tertiary/aromatic N) is 1. The molecule has 3 aromatic carbocycles. The molecule has 1 N–H and O–H groups in total. The Kier molecular flexibility index (Phi) is 5.55. The number of rotatable bonds is 7. The van der Waals surface area contributed by atoms with Crippen LogP contribution in [0.1, 0.15) is 11.1 Å². The van der Waals surface area contributed by atoms with Gasteiger partial charge in [0, 0.05) is 6.07 Å².